The van der Waals surface area contributed by atoms with Crippen molar-refractivity contribution in [1.29, 1.82) is 0 Å². The molecule has 18 heavy (non-hydrogen) atoms. The fourth-order valence-electron chi connectivity index (χ4n) is 2.35. The van der Waals surface area contributed by atoms with Crippen LogP contribution < -0.4 is 5.32 Å². The molecule has 1 fully saturated rings. The number of anilines is 1. The summed E-state index contributed by atoms with van der Waals surface area (Å²) in [4.78, 5) is 11.6. The third kappa shape index (κ3) is 4.40. The quantitative estimate of drug-likeness (QED) is 0.812. The average Bonchev–Trinajstić information content (AvgIpc) is 2.45. The second-order valence-electron chi connectivity index (χ2n) is 4.91. The largest absolute Gasteiger partial charge is 0.464 e. The molecule has 1 aliphatic carbocycles. The Morgan fingerprint density at radius 2 is 1.89 bits per heavy atom. The van der Waals surface area contributed by atoms with Crippen LogP contribution >= 0.6 is 0 Å². The van der Waals surface area contributed by atoms with Gasteiger partial charge in [0, 0.05) is 5.69 Å². The predicted octanol–water partition coefficient (Wildman–Crippen LogP) is 3.22. The minimum absolute atomic E-state index is 0.163. The molecule has 3 heteroatoms. The first-order valence-electron chi connectivity index (χ1n) is 6.79. The Labute approximate surface area is 109 Å². The monoisotopic (exact) mass is 247 g/mol. The molecule has 0 unspecified atom stereocenters. The normalized spacial score (nSPS) is 16.2. The Bertz CT molecular complexity index is 358. The van der Waals surface area contributed by atoms with E-state index in [1.807, 2.05) is 30.3 Å². The molecule has 0 bridgehead atoms. The number of esters is 1. The summed E-state index contributed by atoms with van der Waals surface area (Å²) in [7, 11) is 0. The van der Waals surface area contributed by atoms with Crippen molar-refractivity contribution >= 4 is 11.7 Å². The molecule has 1 aliphatic rings. The topological polar surface area (TPSA) is 38.3 Å². The first-order valence-corrected chi connectivity index (χ1v) is 6.79. The van der Waals surface area contributed by atoms with E-state index in [4.69, 9.17) is 4.74 Å². The van der Waals surface area contributed by atoms with Gasteiger partial charge in [-0.1, -0.05) is 37.5 Å². The van der Waals surface area contributed by atoms with Crippen molar-refractivity contribution in [2.45, 2.75) is 32.1 Å². The van der Waals surface area contributed by atoms with Gasteiger partial charge in [0.25, 0.3) is 0 Å². The lowest BCUT2D eigenvalue weighted by atomic mass is 9.90. The standard InChI is InChI=1S/C15H21NO2/c17-15(11-16-14-9-5-2-6-10-14)18-12-13-7-3-1-4-8-13/h2,5-6,9-10,13,16H,1,3-4,7-8,11-12H2. The van der Waals surface area contributed by atoms with E-state index in [9.17, 15) is 4.79 Å². The number of hydrogen-bond donors (Lipinski definition) is 1. The van der Waals surface area contributed by atoms with Crippen molar-refractivity contribution < 1.29 is 9.53 Å². The molecular formula is C15H21NO2. The maximum atomic E-state index is 11.6. The molecule has 0 saturated heterocycles. The molecule has 0 radical (unpaired) electrons. The van der Waals surface area contributed by atoms with Gasteiger partial charge in [0.15, 0.2) is 0 Å². The molecule has 0 spiro atoms. The summed E-state index contributed by atoms with van der Waals surface area (Å²) in [6.45, 7) is 0.839. The van der Waals surface area contributed by atoms with Crippen molar-refractivity contribution in [2.24, 2.45) is 5.92 Å². The van der Waals surface area contributed by atoms with Crippen molar-refractivity contribution in [2.75, 3.05) is 18.5 Å². The SMILES string of the molecule is O=C(CNc1ccccc1)OCC1CCCCC1. The average molecular weight is 247 g/mol. The summed E-state index contributed by atoms with van der Waals surface area (Å²) in [6.07, 6.45) is 6.31. The molecular weight excluding hydrogens is 226 g/mol. The van der Waals surface area contributed by atoms with Crippen LogP contribution in [0.15, 0.2) is 30.3 Å². The zero-order valence-corrected chi connectivity index (χ0v) is 10.7. The van der Waals surface area contributed by atoms with E-state index >= 15 is 0 Å². The van der Waals surface area contributed by atoms with E-state index < -0.39 is 0 Å². The van der Waals surface area contributed by atoms with Crippen LogP contribution in [0, 0.1) is 5.92 Å². The minimum atomic E-state index is -0.163. The van der Waals surface area contributed by atoms with Crippen molar-refractivity contribution in [1.82, 2.24) is 0 Å². The summed E-state index contributed by atoms with van der Waals surface area (Å²) in [6, 6.07) is 9.71. The maximum absolute atomic E-state index is 11.6. The van der Waals surface area contributed by atoms with Crippen LogP contribution in [-0.2, 0) is 9.53 Å². The third-order valence-electron chi connectivity index (χ3n) is 3.42. The highest BCUT2D eigenvalue weighted by Crippen LogP contribution is 2.23. The van der Waals surface area contributed by atoms with Crippen molar-refractivity contribution in [3.8, 4) is 0 Å². The van der Waals surface area contributed by atoms with Gasteiger partial charge in [-0.3, -0.25) is 4.79 Å². The van der Waals surface area contributed by atoms with Gasteiger partial charge in [-0.25, -0.2) is 0 Å². The van der Waals surface area contributed by atoms with E-state index in [1.165, 1.54) is 32.1 Å². The minimum Gasteiger partial charge on any atom is -0.464 e. The number of benzene rings is 1. The van der Waals surface area contributed by atoms with Gasteiger partial charge in [0.1, 0.15) is 6.54 Å². The highest BCUT2D eigenvalue weighted by molar-refractivity contribution is 5.74. The molecule has 0 amide bonds. The lowest BCUT2D eigenvalue weighted by Crippen LogP contribution is -2.21. The lowest BCUT2D eigenvalue weighted by Gasteiger charge is -2.21. The van der Waals surface area contributed by atoms with Crippen LogP contribution in [0.3, 0.4) is 0 Å². The van der Waals surface area contributed by atoms with Gasteiger partial charge in [-0.2, -0.15) is 0 Å². The highest BCUT2D eigenvalue weighted by Gasteiger charge is 2.15. The number of nitrogens with one attached hydrogen (secondary N) is 1. The maximum Gasteiger partial charge on any atom is 0.325 e. The van der Waals surface area contributed by atoms with Gasteiger partial charge in [-0.15, -0.1) is 0 Å². The summed E-state index contributed by atoms with van der Waals surface area (Å²) in [5, 5.41) is 3.06. The molecule has 0 atom stereocenters. The first kappa shape index (κ1) is 12.9. The zero-order valence-electron chi connectivity index (χ0n) is 10.7. The Kier molecular flexibility index (Phi) is 5.06. The van der Waals surface area contributed by atoms with E-state index in [0.29, 0.717) is 12.5 Å². The fourth-order valence-corrected chi connectivity index (χ4v) is 2.35. The number of ether oxygens (including phenoxy) is 1. The number of carbonyl (C=O) groups excluding carboxylic acids is 1. The summed E-state index contributed by atoms with van der Waals surface area (Å²) < 4.78 is 5.30. The van der Waals surface area contributed by atoms with Gasteiger partial charge >= 0.3 is 5.97 Å². The molecule has 1 aromatic carbocycles. The van der Waals surface area contributed by atoms with E-state index in [2.05, 4.69) is 5.32 Å². The second-order valence-corrected chi connectivity index (χ2v) is 4.91. The fraction of sp³-hybridized carbons (Fsp3) is 0.533. The number of hydrogen-bond acceptors (Lipinski definition) is 3. The third-order valence-corrected chi connectivity index (χ3v) is 3.42. The Morgan fingerprint density at radius 1 is 1.17 bits per heavy atom. The highest BCUT2D eigenvalue weighted by atomic mass is 16.5. The number of para-hydroxylation sites is 1. The van der Waals surface area contributed by atoms with Gasteiger partial charge < -0.3 is 10.1 Å². The summed E-state index contributed by atoms with van der Waals surface area (Å²) in [5.41, 5.74) is 0.951. The van der Waals surface area contributed by atoms with Crippen molar-refractivity contribution in [3.63, 3.8) is 0 Å². The lowest BCUT2D eigenvalue weighted by molar-refractivity contribution is -0.143. The van der Waals surface area contributed by atoms with Crippen LogP contribution in [-0.4, -0.2) is 19.1 Å². The van der Waals surface area contributed by atoms with Crippen LogP contribution in [0.1, 0.15) is 32.1 Å². The molecule has 2 rings (SSSR count). The molecule has 1 saturated carbocycles. The number of carbonyl (C=O) groups is 1. The van der Waals surface area contributed by atoms with Crippen LogP contribution in [0.2, 0.25) is 0 Å². The summed E-state index contributed by atoms with van der Waals surface area (Å²) in [5.74, 6) is 0.420. The first-order chi connectivity index (χ1) is 8.84. The summed E-state index contributed by atoms with van der Waals surface area (Å²) >= 11 is 0. The van der Waals surface area contributed by atoms with E-state index in [1.54, 1.807) is 0 Å². The smallest absolute Gasteiger partial charge is 0.325 e. The molecule has 1 N–H and O–H groups in total. The molecule has 3 nitrogen and oxygen atoms in total. The van der Waals surface area contributed by atoms with Crippen LogP contribution in [0.4, 0.5) is 5.69 Å². The molecule has 0 aromatic heterocycles. The number of rotatable bonds is 5. The predicted molar refractivity (Wildman–Crippen MR) is 72.5 cm³/mol. The van der Waals surface area contributed by atoms with Gasteiger partial charge in [0.2, 0.25) is 0 Å². The van der Waals surface area contributed by atoms with Gasteiger partial charge in [0.05, 0.1) is 6.61 Å². The molecule has 98 valence electrons. The van der Waals surface area contributed by atoms with Crippen LogP contribution in [0.5, 0.6) is 0 Å². The zero-order chi connectivity index (χ0) is 12.6. The van der Waals surface area contributed by atoms with E-state index in [-0.39, 0.29) is 12.5 Å². The molecule has 0 aliphatic heterocycles. The Balaban J connectivity index is 1.63. The molecule has 1 aromatic rings. The van der Waals surface area contributed by atoms with Crippen LogP contribution in [0.25, 0.3) is 0 Å². The molecule has 0 heterocycles. The Morgan fingerprint density at radius 3 is 2.61 bits per heavy atom. The second kappa shape index (κ2) is 7.04. The van der Waals surface area contributed by atoms with Crippen molar-refractivity contribution in [3.05, 3.63) is 30.3 Å². The van der Waals surface area contributed by atoms with E-state index in [0.717, 1.165) is 5.69 Å². The van der Waals surface area contributed by atoms with Gasteiger partial charge in [-0.05, 0) is 30.9 Å². The Hall–Kier alpha value is -1.51.